The number of piperidine rings is 1. The second-order valence-corrected chi connectivity index (χ2v) is 7.58. The van der Waals surface area contributed by atoms with Gasteiger partial charge in [-0.1, -0.05) is 0 Å². The third-order valence-corrected chi connectivity index (χ3v) is 5.71. The maximum atomic E-state index is 13.7. The molecule has 1 aliphatic rings. The number of nitrogens with zero attached hydrogens (tertiary/aromatic N) is 3. The standard InChI is InChI=1S/C22H19F3N4/c23-14-1-2-19-16(9-14)15(3-6-26-19)13-4-7-29(8-5-13)12-22-27-20-10-17(24)18(25)11-21(20)28-22/h1-3,6,9-11,13H,4-5,7-8,12H2,(H,27,28). The summed E-state index contributed by atoms with van der Waals surface area (Å²) in [5.74, 6) is -0.980. The van der Waals surface area contributed by atoms with Crippen LogP contribution in [0.3, 0.4) is 0 Å². The predicted octanol–water partition coefficient (Wildman–Crippen LogP) is 4.91. The number of benzene rings is 2. The van der Waals surface area contributed by atoms with Gasteiger partial charge in [0.05, 0.1) is 23.1 Å². The van der Waals surface area contributed by atoms with Crippen molar-refractivity contribution in [2.75, 3.05) is 13.1 Å². The van der Waals surface area contributed by atoms with Crippen molar-refractivity contribution >= 4 is 21.9 Å². The first-order valence-electron chi connectivity index (χ1n) is 9.67. The van der Waals surface area contributed by atoms with E-state index < -0.39 is 11.6 Å². The Morgan fingerprint density at radius 2 is 1.76 bits per heavy atom. The van der Waals surface area contributed by atoms with Gasteiger partial charge in [0.15, 0.2) is 11.6 Å². The summed E-state index contributed by atoms with van der Waals surface area (Å²) < 4.78 is 40.5. The molecule has 2 aromatic heterocycles. The maximum absolute atomic E-state index is 13.7. The highest BCUT2D eigenvalue weighted by molar-refractivity contribution is 5.82. The number of halogens is 3. The Hall–Kier alpha value is -2.93. The van der Waals surface area contributed by atoms with Gasteiger partial charge in [0.25, 0.3) is 0 Å². The Kier molecular flexibility index (Phi) is 4.47. The lowest BCUT2D eigenvalue weighted by Crippen LogP contribution is -2.32. The van der Waals surface area contributed by atoms with Gasteiger partial charge < -0.3 is 4.98 Å². The van der Waals surface area contributed by atoms with E-state index in [1.54, 1.807) is 18.3 Å². The number of aromatic nitrogens is 3. The van der Waals surface area contributed by atoms with Crippen molar-refractivity contribution in [1.29, 1.82) is 0 Å². The van der Waals surface area contributed by atoms with Crippen molar-refractivity contribution < 1.29 is 13.2 Å². The second kappa shape index (κ2) is 7.15. The van der Waals surface area contributed by atoms with Crippen molar-refractivity contribution in [2.24, 2.45) is 0 Å². The monoisotopic (exact) mass is 396 g/mol. The van der Waals surface area contributed by atoms with E-state index in [9.17, 15) is 13.2 Å². The molecule has 0 unspecified atom stereocenters. The summed E-state index contributed by atoms with van der Waals surface area (Å²) in [5, 5.41) is 0.882. The van der Waals surface area contributed by atoms with Crippen LogP contribution in [0, 0.1) is 17.5 Å². The van der Waals surface area contributed by atoms with Crippen LogP contribution in [0.25, 0.3) is 21.9 Å². The normalized spacial score (nSPS) is 16.1. The number of likely N-dealkylation sites (tertiary alicyclic amines) is 1. The van der Waals surface area contributed by atoms with Gasteiger partial charge in [-0.15, -0.1) is 0 Å². The summed E-state index contributed by atoms with van der Waals surface area (Å²) in [4.78, 5) is 14.1. The Morgan fingerprint density at radius 1 is 0.966 bits per heavy atom. The van der Waals surface area contributed by atoms with E-state index in [4.69, 9.17) is 0 Å². The lowest BCUT2D eigenvalue weighted by Gasteiger charge is -2.32. The zero-order valence-electron chi connectivity index (χ0n) is 15.6. The Labute approximate surface area is 165 Å². The molecule has 3 heterocycles. The van der Waals surface area contributed by atoms with Crippen LogP contribution in [-0.2, 0) is 6.54 Å². The molecule has 29 heavy (non-hydrogen) atoms. The van der Waals surface area contributed by atoms with Crippen LogP contribution < -0.4 is 0 Å². The lowest BCUT2D eigenvalue weighted by molar-refractivity contribution is 0.201. The fourth-order valence-electron chi connectivity index (χ4n) is 4.24. The molecule has 1 aliphatic heterocycles. The highest BCUT2D eigenvalue weighted by Gasteiger charge is 2.23. The molecular formula is C22H19F3N4. The SMILES string of the molecule is Fc1ccc2nccc(C3CCN(Cc4nc5cc(F)c(F)cc5[nH]4)CC3)c2c1. The first kappa shape index (κ1) is 18.1. The summed E-state index contributed by atoms with van der Waals surface area (Å²) in [6, 6.07) is 8.97. The van der Waals surface area contributed by atoms with Crippen LogP contribution in [0.2, 0.25) is 0 Å². The van der Waals surface area contributed by atoms with Gasteiger partial charge in [0.1, 0.15) is 11.6 Å². The minimum atomic E-state index is -0.891. The van der Waals surface area contributed by atoms with Crippen LogP contribution in [0.5, 0.6) is 0 Å². The van der Waals surface area contributed by atoms with E-state index >= 15 is 0 Å². The number of H-pyrrole nitrogens is 1. The Bertz CT molecular complexity index is 1160. The number of aromatic amines is 1. The molecule has 148 valence electrons. The molecule has 1 fully saturated rings. The Morgan fingerprint density at radius 3 is 2.59 bits per heavy atom. The molecule has 0 radical (unpaired) electrons. The topological polar surface area (TPSA) is 44.8 Å². The minimum absolute atomic E-state index is 0.248. The minimum Gasteiger partial charge on any atom is -0.341 e. The fourth-order valence-corrected chi connectivity index (χ4v) is 4.24. The molecule has 0 saturated carbocycles. The summed E-state index contributed by atoms with van der Waals surface area (Å²) >= 11 is 0. The average molecular weight is 396 g/mol. The van der Waals surface area contributed by atoms with E-state index in [1.165, 1.54) is 6.07 Å². The summed E-state index contributed by atoms with van der Waals surface area (Å²) in [6.45, 7) is 2.32. The summed E-state index contributed by atoms with van der Waals surface area (Å²) in [6.07, 6.45) is 3.67. The Balaban J connectivity index is 1.30. The van der Waals surface area contributed by atoms with Crippen molar-refractivity contribution in [3.63, 3.8) is 0 Å². The number of rotatable bonds is 3. The van der Waals surface area contributed by atoms with E-state index in [1.807, 2.05) is 6.07 Å². The van der Waals surface area contributed by atoms with Crippen molar-refractivity contribution in [2.45, 2.75) is 25.3 Å². The van der Waals surface area contributed by atoms with E-state index in [2.05, 4.69) is 19.9 Å². The number of hydrogen-bond acceptors (Lipinski definition) is 3. The molecule has 5 rings (SSSR count). The van der Waals surface area contributed by atoms with Gasteiger partial charge in [-0.05, 0) is 61.7 Å². The van der Waals surface area contributed by atoms with Gasteiger partial charge in [-0.25, -0.2) is 18.2 Å². The zero-order chi connectivity index (χ0) is 20.0. The molecular weight excluding hydrogens is 377 g/mol. The number of nitrogens with one attached hydrogen (secondary N) is 1. The number of imidazole rings is 1. The van der Waals surface area contributed by atoms with E-state index in [-0.39, 0.29) is 5.82 Å². The first-order valence-corrected chi connectivity index (χ1v) is 9.67. The van der Waals surface area contributed by atoms with Crippen LogP contribution in [-0.4, -0.2) is 32.9 Å². The molecule has 7 heteroatoms. The van der Waals surface area contributed by atoms with Crippen LogP contribution in [0.1, 0.15) is 30.1 Å². The molecule has 0 bridgehead atoms. The van der Waals surface area contributed by atoms with Gasteiger partial charge in [0, 0.05) is 23.7 Å². The molecule has 0 aliphatic carbocycles. The summed E-state index contributed by atoms with van der Waals surface area (Å²) in [5.41, 5.74) is 2.88. The first-order chi connectivity index (χ1) is 14.1. The number of pyridine rings is 1. The molecule has 4 aromatic rings. The fraction of sp³-hybridized carbons (Fsp3) is 0.273. The third kappa shape index (κ3) is 3.46. The van der Waals surface area contributed by atoms with Crippen molar-refractivity contribution in [3.8, 4) is 0 Å². The van der Waals surface area contributed by atoms with Crippen molar-refractivity contribution in [1.82, 2.24) is 19.9 Å². The van der Waals surface area contributed by atoms with Crippen LogP contribution in [0.15, 0.2) is 42.6 Å². The van der Waals surface area contributed by atoms with Gasteiger partial charge in [-0.2, -0.15) is 0 Å². The zero-order valence-corrected chi connectivity index (χ0v) is 15.6. The average Bonchev–Trinajstić information content (AvgIpc) is 3.09. The highest BCUT2D eigenvalue weighted by atomic mass is 19.2. The largest absolute Gasteiger partial charge is 0.341 e. The lowest BCUT2D eigenvalue weighted by atomic mass is 9.87. The highest BCUT2D eigenvalue weighted by Crippen LogP contribution is 2.33. The molecule has 1 saturated heterocycles. The molecule has 4 nitrogen and oxygen atoms in total. The molecule has 1 N–H and O–H groups in total. The number of fused-ring (bicyclic) bond motifs is 2. The molecule has 0 atom stereocenters. The molecule has 2 aromatic carbocycles. The quantitative estimate of drug-likeness (QED) is 0.535. The molecule has 0 amide bonds. The maximum Gasteiger partial charge on any atom is 0.161 e. The van der Waals surface area contributed by atoms with Crippen LogP contribution in [0.4, 0.5) is 13.2 Å². The number of hydrogen-bond donors (Lipinski definition) is 1. The van der Waals surface area contributed by atoms with E-state index in [0.29, 0.717) is 29.3 Å². The summed E-state index contributed by atoms with van der Waals surface area (Å²) in [7, 11) is 0. The van der Waals surface area contributed by atoms with Gasteiger partial charge >= 0.3 is 0 Å². The second-order valence-electron chi connectivity index (χ2n) is 7.58. The van der Waals surface area contributed by atoms with E-state index in [0.717, 1.165) is 54.5 Å². The van der Waals surface area contributed by atoms with Gasteiger partial charge in [0.2, 0.25) is 0 Å². The smallest absolute Gasteiger partial charge is 0.161 e. The van der Waals surface area contributed by atoms with Gasteiger partial charge in [-0.3, -0.25) is 9.88 Å². The van der Waals surface area contributed by atoms with Crippen molar-refractivity contribution in [3.05, 3.63) is 71.4 Å². The van der Waals surface area contributed by atoms with Crippen LogP contribution >= 0.6 is 0 Å². The predicted molar refractivity (Wildman–Crippen MR) is 105 cm³/mol. The third-order valence-electron chi connectivity index (χ3n) is 5.71. The molecule has 0 spiro atoms.